The van der Waals surface area contributed by atoms with Crippen LogP contribution in [-0.2, 0) is 0 Å². The van der Waals surface area contributed by atoms with Crippen LogP contribution in [0.15, 0.2) is 0 Å². The lowest BCUT2D eigenvalue weighted by atomic mass is 9.78. The van der Waals surface area contributed by atoms with Crippen LogP contribution in [-0.4, -0.2) is 35.6 Å². The van der Waals surface area contributed by atoms with Crippen molar-refractivity contribution in [3.63, 3.8) is 0 Å². The Morgan fingerprint density at radius 3 is 2.79 bits per heavy atom. The number of hydrogen-bond donors (Lipinski definition) is 1. The molecule has 4 atom stereocenters. The fourth-order valence-electron chi connectivity index (χ4n) is 4.14. The van der Waals surface area contributed by atoms with E-state index in [4.69, 9.17) is 0 Å². The highest BCUT2D eigenvalue weighted by molar-refractivity contribution is 5.11. The van der Waals surface area contributed by atoms with Gasteiger partial charge in [0, 0.05) is 12.1 Å². The van der Waals surface area contributed by atoms with Crippen molar-refractivity contribution < 1.29 is 0 Å². The lowest BCUT2D eigenvalue weighted by Gasteiger charge is -2.46. The SMILES string of the molecule is CCNC1(C#N)CCCC(N2CCC(C)CC2C)C1. The first kappa shape index (κ1) is 14.8. The van der Waals surface area contributed by atoms with E-state index in [1.54, 1.807) is 0 Å². The third-order valence-electron chi connectivity index (χ3n) is 5.11. The Labute approximate surface area is 118 Å². The lowest BCUT2D eigenvalue weighted by Crippen LogP contribution is -2.55. The first-order valence-electron chi connectivity index (χ1n) is 8.02. The van der Waals surface area contributed by atoms with Gasteiger partial charge in [0.2, 0.25) is 0 Å². The number of nitrogens with one attached hydrogen (secondary N) is 1. The number of hydrogen-bond acceptors (Lipinski definition) is 3. The van der Waals surface area contributed by atoms with E-state index in [9.17, 15) is 5.26 Å². The van der Waals surface area contributed by atoms with E-state index in [-0.39, 0.29) is 5.54 Å². The molecule has 0 radical (unpaired) electrons. The van der Waals surface area contributed by atoms with Crippen molar-refractivity contribution in [1.29, 1.82) is 5.26 Å². The fraction of sp³-hybridized carbons (Fsp3) is 0.938. The zero-order valence-corrected chi connectivity index (χ0v) is 12.8. The molecule has 2 aliphatic rings. The molecule has 108 valence electrons. The van der Waals surface area contributed by atoms with Crippen molar-refractivity contribution in [2.45, 2.75) is 76.9 Å². The average Bonchev–Trinajstić information content (AvgIpc) is 2.39. The van der Waals surface area contributed by atoms with Crippen LogP contribution in [0.5, 0.6) is 0 Å². The molecule has 3 heteroatoms. The van der Waals surface area contributed by atoms with Crippen molar-refractivity contribution in [3.05, 3.63) is 0 Å². The summed E-state index contributed by atoms with van der Waals surface area (Å²) in [5.41, 5.74) is -0.263. The van der Waals surface area contributed by atoms with Crippen molar-refractivity contribution >= 4 is 0 Å². The predicted octanol–water partition coefficient (Wildman–Crippen LogP) is 2.92. The molecule has 4 unspecified atom stereocenters. The second kappa shape index (κ2) is 6.24. The van der Waals surface area contributed by atoms with Crippen molar-refractivity contribution in [3.8, 4) is 6.07 Å². The van der Waals surface area contributed by atoms with Crippen molar-refractivity contribution in [2.24, 2.45) is 5.92 Å². The number of rotatable bonds is 3. The van der Waals surface area contributed by atoms with Gasteiger partial charge in [-0.25, -0.2) is 0 Å². The Hall–Kier alpha value is -0.590. The minimum atomic E-state index is -0.263. The van der Waals surface area contributed by atoms with Crippen LogP contribution >= 0.6 is 0 Å². The maximum Gasteiger partial charge on any atom is 0.108 e. The summed E-state index contributed by atoms with van der Waals surface area (Å²) in [5.74, 6) is 0.865. The highest BCUT2D eigenvalue weighted by Crippen LogP contribution is 2.34. The largest absolute Gasteiger partial charge is 0.300 e. The van der Waals surface area contributed by atoms with Gasteiger partial charge in [0.1, 0.15) is 5.54 Å². The fourth-order valence-corrected chi connectivity index (χ4v) is 4.14. The van der Waals surface area contributed by atoms with E-state index < -0.39 is 0 Å². The molecule has 3 nitrogen and oxygen atoms in total. The van der Waals surface area contributed by atoms with Gasteiger partial charge in [-0.05, 0) is 64.5 Å². The van der Waals surface area contributed by atoms with Gasteiger partial charge in [0.25, 0.3) is 0 Å². The molecule has 1 saturated heterocycles. The molecule has 0 bridgehead atoms. The molecule has 2 rings (SSSR count). The molecule has 0 spiro atoms. The van der Waals surface area contributed by atoms with Crippen LogP contribution in [0.4, 0.5) is 0 Å². The number of nitriles is 1. The van der Waals surface area contributed by atoms with Crippen LogP contribution < -0.4 is 5.32 Å². The minimum absolute atomic E-state index is 0.263. The molecule has 2 fully saturated rings. The first-order chi connectivity index (χ1) is 9.10. The van der Waals surface area contributed by atoms with E-state index >= 15 is 0 Å². The third-order valence-corrected chi connectivity index (χ3v) is 5.11. The van der Waals surface area contributed by atoms with Gasteiger partial charge in [-0.3, -0.25) is 10.2 Å². The van der Waals surface area contributed by atoms with Gasteiger partial charge < -0.3 is 0 Å². The standard InChI is InChI=1S/C16H29N3/c1-4-18-16(12-17)8-5-6-15(11-16)19-9-7-13(2)10-14(19)3/h13-15,18H,4-11H2,1-3H3. The van der Waals surface area contributed by atoms with E-state index in [0.717, 1.165) is 25.3 Å². The Balaban J connectivity index is 2.03. The van der Waals surface area contributed by atoms with Crippen LogP contribution in [0.1, 0.15) is 59.3 Å². The highest BCUT2D eigenvalue weighted by Gasteiger charge is 2.40. The second-order valence-electron chi connectivity index (χ2n) is 6.69. The first-order valence-corrected chi connectivity index (χ1v) is 8.02. The molecule has 0 aromatic carbocycles. The van der Waals surface area contributed by atoms with Crippen LogP contribution in [0.3, 0.4) is 0 Å². The van der Waals surface area contributed by atoms with E-state index in [1.165, 1.54) is 32.2 Å². The summed E-state index contributed by atoms with van der Waals surface area (Å²) in [6.45, 7) is 8.96. The van der Waals surface area contributed by atoms with E-state index in [0.29, 0.717) is 12.1 Å². The summed E-state index contributed by atoms with van der Waals surface area (Å²) < 4.78 is 0. The summed E-state index contributed by atoms with van der Waals surface area (Å²) in [6, 6.07) is 3.86. The predicted molar refractivity (Wildman–Crippen MR) is 78.8 cm³/mol. The van der Waals surface area contributed by atoms with Crippen LogP contribution in [0.2, 0.25) is 0 Å². The topological polar surface area (TPSA) is 39.1 Å². The molecule has 1 aliphatic carbocycles. The summed E-state index contributed by atoms with van der Waals surface area (Å²) in [5, 5.41) is 13.0. The summed E-state index contributed by atoms with van der Waals surface area (Å²) >= 11 is 0. The summed E-state index contributed by atoms with van der Waals surface area (Å²) in [7, 11) is 0. The second-order valence-corrected chi connectivity index (χ2v) is 6.69. The van der Waals surface area contributed by atoms with Crippen LogP contribution in [0.25, 0.3) is 0 Å². The highest BCUT2D eigenvalue weighted by atomic mass is 15.2. The van der Waals surface area contributed by atoms with Gasteiger partial charge in [-0.2, -0.15) is 5.26 Å². The van der Waals surface area contributed by atoms with Crippen molar-refractivity contribution in [2.75, 3.05) is 13.1 Å². The molecule has 0 aromatic heterocycles. The minimum Gasteiger partial charge on any atom is -0.300 e. The van der Waals surface area contributed by atoms with Crippen LogP contribution in [0, 0.1) is 17.2 Å². The molecule has 19 heavy (non-hydrogen) atoms. The maximum absolute atomic E-state index is 9.57. The molecular formula is C16H29N3. The zero-order valence-electron chi connectivity index (χ0n) is 12.8. The Morgan fingerprint density at radius 1 is 1.37 bits per heavy atom. The Bertz CT molecular complexity index is 331. The van der Waals surface area contributed by atoms with Gasteiger partial charge in [0.05, 0.1) is 6.07 Å². The van der Waals surface area contributed by atoms with E-state index in [2.05, 4.69) is 37.1 Å². The molecule has 1 heterocycles. The molecule has 0 amide bonds. The smallest absolute Gasteiger partial charge is 0.108 e. The van der Waals surface area contributed by atoms with E-state index in [1.807, 2.05) is 0 Å². The summed E-state index contributed by atoms with van der Waals surface area (Å²) in [4.78, 5) is 2.68. The third kappa shape index (κ3) is 3.30. The molecule has 0 aromatic rings. The molecular weight excluding hydrogens is 234 g/mol. The quantitative estimate of drug-likeness (QED) is 0.851. The number of piperidine rings is 1. The zero-order chi connectivity index (χ0) is 13.9. The Kier molecular flexibility index (Phi) is 4.86. The number of likely N-dealkylation sites (tertiary alicyclic amines) is 1. The monoisotopic (exact) mass is 263 g/mol. The molecule has 1 saturated carbocycles. The van der Waals surface area contributed by atoms with Gasteiger partial charge in [-0.15, -0.1) is 0 Å². The number of nitrogens with zero attached hydrogens (tertiary/aromatic N) is 2. The average molecular weight is 263 g/mol. The Morgan fingerprint density at radius 2 is 2.16 bits per heavy atom. The molecule has 1 N–H and O–H groups in total. The lowest BCUT2D eigenvalue weighted by molar-refractivity contribution is 0.0462. The van der Waals surface area contributed by atoms with Crippen molar-refractivity contribution in [1.82, 2.24) is 10.2 Å². The summed E-state index contributed by atoms with van der Waals surface area (Å²) in [6.07, 6.45) is 7.12. The van der Waals surface area contributed by atoms with Gasteiger partial charge >= 0.3 is 0 Å². The van der Waals surface area contributed by atoms with Gasteiger partial charge in [0.15, 0.2) is 0 Å². The van der Waals surface area contributed by atoms with Gasteiger partial charge in [-0.1, -0.05) is 13.8 Å². The molecule has 1 aliphatic heterocycles. The maximum atomic E-state index is 9.57. The normalized spacial score (nSPS) is 40.8.